The summed E-state index contributed by atoms with van der Waals surface area (Å²) < 4.78 is 12.9. The lowest BCUT2D eigenvalue weighted by atomic mass is 10.2. The number of ether oxygens (including phenoxy) is 2. The molecule has 0 N–H and O–H groups in total. The maximum absolute atomic E-state index is 12.6. The summed E-state index contributed by atoms with van der Waals surface area (Å²) in [6.45, 7) is 9.16. The minimum Gasteiger partial charge on any atom is -0.379 e. The average Bonchev–Trinajstić information content (AvgIpc) is 3.34. The molecule has 0 spiro atoms. The SMILES string of the molecule is CCCN(CC1CCCO1)C(=O)CCCn1nnnc1CN1CCOCC1. The van der Waals surface area contributed by atoms with Crippen LogP contribution in [0.15, 0.2) is 0 Å². The van der Waals surface area contributed by atoms with E-state index >= 15 is 0 Å². The van der Waals surface area contributed by atoms with Crippen molar-refractivity contribution in [3.8, 4) is 0 Å². The monoisotopic (exact) mass is 380 g/mol. The van der Waals surface area contributed by atoms with Crippen molar-refractivity contribution >= 4 is 5.91 Å². The van der Waals surface area contributed by atoms with Gasteiger partial charge >= 0.3 is 0 Å². The number of aryl methyl sites for hydroxylation is 1. The molecule has 27 heavy (non-hydrogen) atoms. The van der Waals surface area contributed by atoms with Crippen molar-refractivity contribution in [2.24, 2.45) is 0 Å². The lowest BCUT2D eigenvalue weighted by Gasteiger charge is -2.26. The molecule has 3 heterocycles. The third kappa shape index (κ3) is 6.22. The van der Waals surface area contributed by atoms with Gasteiger partial charge in [-0.15, -0.1) is 5.10 Å². The van der Waals surface area contributed by atoms with Crippen molar-refractivity contribution < 1.29 is 14.3 Å². The maximum atomic E-state index is 12.6. The van der Waals surface area contributed by atoms with Gasteiger partial charge in [-0.25, -0.2) is 4.68 Å². The first-order valence-electron chi connectivity index (χ1n) is 10.2. The lowest BCUT2D eigenvalue weighted by molar-refractivity contribution is -0.133. The molecule has 152 valence electrons. The molecule has 2 fully saturated rings. The Hall–Kier alpha value is -1.58. The highest BCUT2D eigenvalue weighted by molar-refractivity contribution is 5.76. The fraction of sp³-hybridized carbons (Fsp3) is 0.889. The number of tetrazole rings is 1. The molecule has 1 aromatic heterocycles. The predicted octanol–water partition coefficient (Wildman–Crippen LogP) is 0.703. The van der Waals surface area contributed by atoms with E-state index in [0.29, 0.717) is 13.0 Å². The standard InChI is InChI=1S/C18H32N6O3/c1-2-7-23(14-16-5-4-11-27-16)18(25)6-3-8-24-17(19-20-21-24)15-22-9-12-26-13-10-22/h16H,2-15H2,1H3. The molecule has 9 heteroatoms. The number of hydrogen-bond acceptors (Lipinski definition) is 7. The van der Waals surface area contributed by atoms with Gasteiger partial charge in [0.15, 0.2) is 5.82 Å². The Balaban J connectivity index is 1.43. The minimum absolute atomic E-state index is 0.204. The zero-order valence-electron chi connectivity index (χ0n) is 16.4. The Morgan fingerprint density at radius 3 is 2.89 bits per heavy atom. The predicted molar refractivity (Wildman–Crippen MR) is 99.0 cm³/mol. The van der Waals surface area contributed by atoms with E-state index in [2.05, 4.69) is 27.3 Å². The van der Waals surface area contributed by atoms with Crippen molar-refractivity contribution in [3.05, 3.63) is 5.82 Å². The summed E-state index contributed by atoms with van der Waals surface area (Å²) in [7, 11) is 0. The van der Waals surface area contributed by atoms with E-state index in [1.54, 1.807) is 0 Å². The average molecular weight is 380 g/mol. The summed E-state index contributed by atoms with van der Waals surface area (Å²) in [5.41, 5.74) is 0. The van der Waals surface area contributed by atoms with Crippen LogP contribution < -0.4 is 0 Å². The van der Waals surface area contributed by atoms with Crippen LogP contribution in [0.5, 0.6) is 0 Å². The van der Waals surface area contributed by atoms with Gasteiger partial charge in [-0.1, -0.05) is 6.92 Å². The van der Waals surface area contributed by atoms with Crippen LogP contribution >= 0.6 is 0 Å². The lowest BCUT2D eigenvalue weighted by Crippen LogP contribution is -2.38. The highest BCUT2D eigenvalue weighted by atomic mass is 16.5. The van der Waals surface area contributed by atoms with Crippen molar-refractivity contribution in [1.29, 1.82) is 0 Å². The fourth-order valence-electron chi connectivity index (χ4n) is 3.63. The van der Waals surface area contributed by atoms with Crippen molar-refractivity contribution in [1.82, 2.24) is 30.0 Å². The molecule has 9 nitrogen and oxygen atoms in total. The Labute approximate surface area is 161 Å². The van der Waals surface area contributed by atoms with Crippen LogP contribution in [0, 0.1) is 0 Å². The molecular weight excluding hydrogens is 348 g/mol. The first-order chi connectivity index (χ1) is 13.3. The van der Waals surface area contributed by atoms with Crippen LogP contribution in [-0.2, 0) is 27.4 Å². The van der Waals surface area contributed by atoms with E-state index in [9.17, 15) is 4.79 Å². The second kappa shape index (κ2) is 10.7. The molecule has 2 aliphatic rings. The van der Waals surface area contributed by atoms with E-state index in [-0.39, 0.29) is 12.0 Å². The topological polar surface area (TPSA) is 85.6 Å². The van der Waals surface area contributed by atoms with E-state index in [1.807, 2.05) is 9.58 Å². The molecule has 2 saturated heterocycles. The number of aromatic nitrogens is 4. The first kappa shape index (κ1) is 20.2. The maximum Gasteiger partial charge on any atom is 0.222 e. The van der Waals surface area contributed by atoms with Gasteiger partial charge in [-0.05, 0) is 36.1 Å². The molecule has 3 rings (SSSR count). The van der Waals surface area contributed by atoms with Gasteiger partial charge in [-0.3, -0.25) is 9.69 Å². The highest BCUT2D eigenvalue weighted by Gasteiger charge is 2.22. The van der Waals surface area contributed by atoms with Crippen LogP contribution in [-0.4, -0.2) is 88.0 Å². The molecule has 1 amide bonds. The minimum atomic E-state index is 0.204. The highest BCUT2D eigenvalue weighted by Crippen LogP contribution is 2.14. The Morgan fingerprint density at radius 1 is 1.30 bits per heavy atom. The number of carbonyl (C=O) groups excluding carboxylic acids is 1. The van der Waals surface area contributed by atoms with E-state index in [0.717, 1.165) is 84.1 Å². The molecule has 0 saturated carbocycles. The third-order valence-corrected chi connectivity index (χ3v) is 5.13. The molecular formula is C18H32N6O3. The number of nitrogens with zero attached hydrogens (tertiary/aromatic N) is 6. The summed E-state index contributed by atoms with van der Waals surface area (Å²) >= 11 is 0. The smallest absolute Gasteiger partial charge is 0.222 e. The molecule has 0 bridgehead atoms. The quantitative estimate of drug-likeness (QED) is 0.591. The van der Waals surface area contributed by atoms with E-state index in [4.69, 9.17) is 9.47 Å². The van der Waals surface area contributed by atoms with Crippen LogP contribution in [0.3, 0.4) is 0 Å². The van der Waals surface area contributed by atoms with Crippen molar-refractivity contribution in [2.75, 3.05) is 46.0 Å². The second-order valence-corrected chi connectivity index (χ2v) is 7.29. The number of carbonyl (C=O) groups is 1. The van der Waals surface area contributed by atoms with Gasteiger partial charge in [0.1, 0.15) is 0 Å². The molecule has 0 aromatic carbocycles. The molecule has 2 aliphatic heterocycles. The summed E-state index contributed by atoms with van der Waals surface area (Å²) in [6, 6.07) is 0. The van der Waals surface area contributed by atoms with E-state index in [1.165, 1.54) is 0 Å². The molecule has 0 radical (unpaired) electrons. The summed E-state index contributed by atoms with van der Waals surface area (Å²) in [4.78, 5) is 16.9. The summed E-state index contributed by atoms with van der Waals surface area (Å²) in [6.07, 6.45) is 4.59. The van der Waals surface area contributed by atoms with Crippen LogP contribution in [0.2, 0.25) is 0 Å². The van der Waals surface area contributed by atoms with Crippen molar-refractivity contribution in [3.63, 3.8) is 0 Å². The van der Waals surface area contributed by atoms with Crippen LogP contribution in [0.25, 0.3) is 0 Å². The molecule has 0 aliphatic carbocycles. The fourth-order valence-corrected chi connectivity index (χ4v) is 3.63. The van der Waals surface area contributed by atoms with Crippen LogP contribution in [0.1, 0.15) is 44.9 Å². The Kier molecular flexibility index (Phi) is 7.97. The number of rotatable bonds is 10. The second-order valence-electron chi connectivity index (χ2n) is 7.29. The Bertz CT molecular complexity index is 569. The third-order valence-electron chi connectivity index (χ3n) is 5.13. The zero-order chi connectivity index (χ0) is 18.9. The molecule has 1 aromatic rings. The van der Waals surface area contributed by atoms with Gasteiger partial charge in [0.2, 0.25) is 5.91 Å². The van der Waals surface area contributed by atoms with Gasteiger partial charge in [0.05, 0.1) is 25.9 Å². The number of hydrogen-bond donors (Lipinski definition) is 0. The van der Waals surface area contributed by atoms with Gasteiger partial charge in [0.25, 0.3) is 0 Å². The first-order valence-corrected chi connectivity index (χ1v) is 10.2. The van der Waals surface area contributed by atoms with Gasteiger partial charge < -0.3 is 14.4 Å². The summed E-state index contributed by atoms with van der Waals surface area (Å²) in [5, 5.41) is 12.1. The normalized spacial score (nSPS) is 20.9. The van der Waals surface area contributed by atoms with Crippen molar-refractivity contribution in [2.45, 2.75) is 58.2 Å². The van der Waals surface area contributed by atoms with Gasteiger partial charge in [-0.2, -0.15) is 0 Å². The molecule has 1 unspecified atom stereocenters. The largest absolute Gasteiger partial charge is 0.379 e. The molecule has 1 atom stereocenters. The van der Waals surface area contributed by atoms with E-state index < -0.39 is 0 Å². The number of morpholine rings is 1. The summed E-state index contributed by atoms with van der Waals surface area (Å²) in [5.74, 6) is 1.06. The Morgan fingerprint density at radius 2 is 2.15 bits per heavy atom. The van der Waals surface area contributed by atoms with Gasteiger partial charge in [0, 0.05) is 45.8 Å². The zero-order valence-corrected chi connectivity index (χ0v) is 16.4. The van der Waals surface area contributed by atoms with Crippen LogP contribution in [0.4, 0.5) is 0 Å². The number of amides is 1.